The van der Waals surface area contributed by atoms with Gasteiger partial charge < -0.3 is 5.11 Å². The summed E-state index contributed by atoms with van der Waals surface area (Å²) in [5.41, 5.74) is -0.497. The first-order valence-corrected chi connectivity index (χ1v) is 5.91. The zero-order valence-electron chi connectivity index (χ0n) is 10.9. The van der Waals surface area contributed by atoms with Crippen molar-refractivity contribution in [2.24, 2.45) is 0 Å². The third kappa shape index (κ3) is 3.42. The van der Waals surface area contributed by atoms with E-state index >= 15 is 0 Å². The Kier molecular flexibility index (Phi) is 4.49. The van der Waals surface area contributed by atoms with E-state index in [1.165, 1.54) is 18.2 Å². The second kappa shape index (κ2) is 5.54. The molecule has 0 aliphatic carbocycles. The molecule has 1 aromatic rings. The number of non-ortho nitro benzene ring substituents is 1. The molecule has 0 fully saturated rings. The second-order valence-electron chi connectivity index (χ2n) is 4.75. The highest BCUT2D eigenvalue weighted by Gasteiger charge is 2.32. The molecule has 1 N–H and O–H groups in total. The van der Waals surface area contributed by atoms with Crippen LogP contribution < -0.4 is 0 Å². The molecular weight excluding hydrogens is 272 g/mol. The highest BCUT2D eigenvalue weighted by Crippen LogP contribution is 2.25. The van der Waals surface area contributed by atoms with Gasteiger partial charge in [0.05, 0.1) is 9.95 Å². The number of carboxylic acids is 1. The van der Waals surface area contributed by atoms with Gasteiger partial charge in [0.2, 0.25) is 0 Å². The molecule has 6 nitrogen and oxygen atoms in total. The fraction of sp³-hybridized carbons (Fsp3) is 0.417. The summed E-state index contributed by atoms with van der Waals surface area (Å²) < 4.78 is 0. The third-order valence-electron chi connectivity index (χ3n) is 3.13. The number of likely N-dealkylation sites (N-methyl/N-ethyl adjacent to an activating group) is 1. The van der Waals surface area contributed by atoms with Gasteiger partial charge in [-0.1, -0.05) is 11.6 Å². The molecule has 104 valence electrons. The summed E-state index contributed by atoms with van der Waals surface area (Å²) in [6, 6.07) is 4.15. The van der Waals surface area contributed by atoms with E-state index in [0.29, 0.717) is 5.56 Å². The van der Waals surface area contributed by atoms with Gasteiger partial charge in [-0.25, -0.2) is 0 Å². The number of aliphatic carboxylic acids is 1. The van der Waals surface area contributed by atoms with Crippen LogP contribution >= 0.6 is 11.6 Å². The minimum atomic E-state index is -1.05. The van der Waals surface area contributed by atoms with Crippen LogP contribution in [0.5, 0.6) is 0 Å². The molecule has 0 unspecified atom stereocenters. The zero-order valence-corrected chi connectivity index (χ0v) is 11.6. The molecule has 0 aliphatic heterocycles. The van der Waals surface area contributed by atoms with Crippen molar-refractivity contribution in [2.45, 2.75) is 25.9 Å². The van der Waals surface area contributed by atoms with Crippen LogP contribution in [0.25, 0.3) is 0 Å². The van der Waals surface area contributed by atoms with Crippen LogP contribution in [0.3, 0.4) is 0 Å². The average molecular weight is 287 g/mol. The van der Waals surface area contributed by atoms with E-state index < -0.39 is 16.4 Å². The predicted octanol–water partition coefficient (Wildman–Crippen LogP) is 2.54. The van der Waals surface area contributed by atoms with Gasteiger partial charge in [0.1, 0.15) is 5.54 Å². The number of nitro benzene ring substituents is 1. The Labute approximate surface area is 115 Å². The largest absolute Gasteiger partial charge is 0.480 e. The van der Waals surface area contributed by atoms with E-state index in [9.17, 15) is 14.9 Å². The summed E-state index contributed by atoms with van der Waals surface area (Å²) in [7, 11) is 1.66. The number of carboxylic acid groups (broad SMARTS) is 1. The molecule has 0 amide bonds. The molecule has 0 atom stereocenters. The van der Waals surface area contributed by atoms with Crippen molar-refractivity contribution >= 4 is 23.3 Å². The lowest BCUT2D eigenvalue weighted by atomic mass is 10.0. The van der Waals surface area contributed by atoms with Crippen molar-refractivity contribution in [3.63, 3.8) is 0 Å². The molecule has 1 rings (SSSR count). The molecule has 1 aromatic carbocycles. The Morgan fingerprint density at radius 1 is 1.53 bits per heavy atom. The topological polar surface area (TPSA) is 83.7 Å². The van der Waals surface area contributed by atoms with Gasteiger partial charge in [-0.3, -0.25) is 19.8 Å². The number of carbonyl (C=O) groups is 1. The Hall–Kier alpha value is -1.66. The number of nitrogens with zero attached hydrogens (tertiary/aromatic N) is 2. The van der Waals surface area contributed by atoms with Gasteiger partial charge in [0, 0.05) is 18.7 Å². The fourth-order valence-corrected chi connectivity index (χ4v) is 1.63. The van der Waals surface area contributed by atoms with Crippen LogP contribution in [0.2, 0.25) is 5.02 Å². The molecule has 0 radical (unpaired) electrons. The maximum atomic E-state index is 11.1. The Balaban J connectivity index is 2.95. The number of nitro groups is 1. The zero-order chi connectivity index (χ0) is 14.8. The molecule has 0 heterocycles. The molecule has 0 spiro atoms. The van der Waals surface area contributed by atoms with Crippen molar-refractivity contribution in [2.75, 3.05) is 7.05 Å². The van der Waals surface area contributed by atoms with Gasteiger partial charge >= 0.3 is 5.97 Å². The number of benzene rings is 1. The molecule has 0 saturated heterocycles. The summed E-state index contributed by atoms with van der Waals surface area (Å²) in [6.45, 7) is 3.44. The van der Waals surface area contributed by atoms with Crippen molar-refractivity contribution < 1.29 is 14.8 Å². The minimum absolute atomic E-state index is 0.0890. The van der Waals surface area contributed by atoms with E-state index in [4.69, 9.17) is 16.7 Å². The summed E-state index contributed by atoms with van der Waals surface area (Å²) in [4.78, 5) is 22.8. The van der Waals surface area contributed by atoms with Gasteiger partial charge in [0.15, 0.2) is 0 Å². The Bertz CT molecular complexity index is 516. The highest BCUT2D eigenvalue weighted by atomic mass is 35.5. The summed E-state index contributed by atoms with van der Waals surface area (Å²) in [5, 5.41) is 20.0. The lowest BCUT2D eigenvalue weighted by Gasteiger charge is -2.31. The highest BCUT2D eigenvalue weighted by molar-refractivity contribution is 6.31. The maximum absolute atomic E-state index is 11.1. The van der Waals surface area contributed by atoms with E-state index in [0.717, 1.165) is 0 Å². The predicted molar refractivity (Wildman–Crippen MR) is 71.3 cm³/mol. The van der Waals surface area contributed by atoms with Crippen LogP contribution in [-0.2, 0) is 11.3 Å². The van der Waals surface area contributed by atoms with E-state index in [2.05, 4.69) is 0 Å². The van der Waals surface area contributed by atoms with Crippen LogP contribution in [0.15, 0.2) is 18.2 Å². The van der Waals surface area contributed by atoms with E-state index in [1.54, 1.807) is 25.8 Å². The summed E-state index contributed by atoms with van der Waals surface area (Å²) in [6.07, 6.45) is 0. The third-order valence-corrected chi connectivity index (χ3v) is 3.48. The van der Waals surface area contributed by atoms with E-state index in [1.807, 2.05) is 0 Å². The molecule has 0 bridgehead atoms. The van der Waals surface area contributed by atoms with Gasteiger partial charge in [0.25, 0.3) is 5.69 Å². The van der Waals surface area contributed by atoms with Crippen LogP contribution in [0.1, 0.15) is 19.4 Å². The summed E-state index contributed by atoms with van der Waals surface area (Å²) in [5.74, 6) is -0.951. The van der Waals surface area contributed by atoms with Gasteiger partial charge in [-0.05, 0) is 32.5 Å². The molecule has 0 aliphatic rings. The second-order valence-corrected chi connectivity index (χ2v) is 5.16. The SMILES string of the molecule is CN(Cc1ccc([N+](=O)[O-])cc1Cl)C(C)(C)C(=O)O. The fourth-order valence-electron chi connectivity index (χ4n) is 1.39. The molecule has 0 aromatic heterocycles. The number of hydrogen-bond donors (Lipinski definition) is 1. The lowest BCUT2D eigenvalue weighted by molar-refractivity contribution is -0.384. The number of hydrogen-bond acceptors (Lipinski definition) is 4. The van der Waals surface area contributed by atoms with Crippen molar-refractivity contribution in [1.29, 1.82) is 0 Å². The standard InChI is InChI=1S/C12H15ClN2O4/c1-12(2,11(16)17)14(3)7-8-4-5-9(15(18)19)6-10(8)13/h4-6H,7H2,1-3H3,(H,16,17). The number of halogens is 1. The van der Waals surface area contributed by atoms with Crippen LogP contribution in [0, 0.1) is 10.1 Å². The van der Waals surface area contributed by atoms with E-state index in [-0.39, 0.29) is 17.3 Å². The van der Waals surface area contributed by atoms with Crippen molar-refractivity contribution in [3.8, 4) is 0 Å². The lowest BCUT2D eigenvalue weighted by Crippen LogP contribution is -2.47. The van der Waals surface area contributed by atoms with Crippen molar-refractivity contribution in [3.05, 3.63) is 38.9 Å². The first-order valence-electron chi connectivity index (χ1n) is 5.53. The van der Waals surface area contributed by atoms with Gasteiger partial charge in [-0.15, -0.1) is 0 Å². The first-order chi connectivity index (χ1) is 8.66. The Morgan fingerprint density at radius 3 is 2.53 bits per heavy atom. The molecule has 19 heavy (non-hydrogen) atoms. The van der Waals surface area contributed by atoms with Gasteiger partial charge in [-0.2, -0.15) is 0 Å². The van der Waals surface area contributed by atoms with Crippen LogP contribution in [-0.4, -0.2) is 33.5 Å². The molecular formula is C12H15ClN2O4. The average Bonchev–Trinajstić information content (AvgIpc) is 2.30. The normalized spacial score (nSPS) is 11.6. The minimum Gasteiger partial charge on any atom is -0.480 e. The van der Waals surface area contributed by atoms with Crippen LogP contribution in [0.4, 0.5) is 5.69 Å². The molecule has 7 heteroatoms. The summed E-state index contributed by atoms with van der Waals surface area (Å²) >= 11 is 5.97. The smallest absolute Gasteiger partial charge is 0.323 e. The number of rotatable bonds is 5. The quantitative estimate of drug-likeness (QED) is 0.664. The maximum Gasteiger partial charge on any atom is 0.323 e. The van der Waals surface area contributed by atoms with Crippen molar-refractivity contribution in [1.82, 2.24) is 4.90 Å². The monoisotopic (exact) mass is 286 g/mol. The molecule has 0 saturated carbocycles. The Morgan fingerprint density at radius 2 is 2.11 bits per heavy atom. The first kappa shape index (κ1) is 15.4.